The number of benzene rings is 2. The van der Waals surface area contributed by atoms with Gasteiger partial charge in [0.05, 0.1) is 12.0 Å². The molecule has 0 amide bonds. The van der Waals surface area contributed by atoms with Crippen LogP contribution in [-0.4, -0.2) is 15.5 Å². The van der Waals surface area contributed by atoms with Crippen LogP contribution in [-0.2, 0) is 10.0 Å². The van der Waals surface area contributed by atoms with Crippen LogP contribution >= 0.6 is 0 Å². The van der Waals surface area contributed by atoms with E-state index in [4.69, 9.17) is 4.74 Å². The van der Waals surface area contributed by atoms with E-state index < -0.39 is 10.0 Å². The van der Waals surface area contributed by atoms with Crippen LogP contribution in [0.3, 0.4) is 0 Å². The molecule has 2 rings (SSSR count). The molecule has 0 unspecified atom stereocenters. The normalized spacial score (nSPS) is 12.9. The molecule has 5 heteroatoms. The van der Waals surface area contributed by atoms with Crippen molar-refractivity contribution in [2.75, 3.05) is 7.11 Å². The summed E-state index contributed by atoms with van der Waals surface area (Å²) in [5.41, 5.74) is 3.28. The number of nitrogens with one attached hydrogen (secondary N) is 1. The van der Waals surface area contributed by atoms with Crippen molar-refractivity contribution in [2.45, 2.75) is 31.7 Å². The average molecular weight is 319 g/mol. The summed E-state index contributed by atoms with van der Waals surface area (Å²) in [5.74, 6) is 0.626. The minimum absolute atomic E-state index is 0.226. The highest BCUT2D eigenvalue weighted by atomic mass is 32.2. The summed E-state index contributed by atoms with van der Waals surface area (Å²) in [6.45, 7) is 5.89. The van der Waals surface area contributed by atoms with E-state index in [1.807, 2.05) is 39.0 Å². The molecule has 0 aromatic heterocycles. The molecule has 1 N–H and O–H groups in total. The lowest BCUT2D eigenvalue weighted by Gasteiger charge is -2.16. The van der Waals surface area contributed by atoms with Gasteiger partial charge in [-0.05, 0) is 61.7 Å². The predicted molar refractivity (Wildman–Crippen MR) is 87.6 cm³/mol. The maximum atomic E-state index is 12.4. The predicted octanol–water partition coefficient (Wildman–Crippen LogP) is 3.35. The van der Waals surface area contributed by atoms with E-state index in [2.05, 4.69) is 4.72 Å². The summed E-state index contributed by atoms with van der Waals surface area (Å²) < 4.78 is 32.6. The Bertz CT molecular complexity index is 752. The highest BCUT2D eigenvalue weighted by molar-refractivity contribution is 7.89. The van der Waals surface area contributed by atoms with Crippen LogP contribution < -0.4 is 9.46 Å². The first-order chi connectivity index (χ1) is 10.3. The van der Waals surface area contributed by atoms with Gasteiger partial charge in [0.15, 0.2) is 0 Å². The lowest BCUT2D eigenvalue weighted by molar-refractivity contribution is 0.414. The van der Waals surface area contributed by atoms with Crippen LogP contribution in [0.25, 0.3) is 0 Å². The standard InChI is InChI=1S/C17H21NO3S/c1-12-5-6-15(11-13(12)2)14(3)18-22(19,20)17-9-7-16(21-4)8-10-17/h5-11,14,18H,1-4H3/t14-/m0/s1. The molecule has 0 saturated carbocycles. The Labute approximate surface area is 132 Å². The topological polar surface area (TPSA) is 55.4 Å². The Morgan fingerprint density at radius 2 is 1.64 bits per heavy atom. The monoisotopic (exact) mass is 319 g/mol. The Morgan fingerprint density at radius 1 is 1.00 bits per heavy atom. The largest absolute Gasteiger partial charge is 0.497 e. The van der Waals surface area contributed by atoms with Gasteiger partial charge in [-0.1, -0.05) is 18.2 Å². The van der Waals surface area contributed by atoms with Crippen molar-refractivity contribution in [1.29, 1.82) is 0 Å². The first kappa shape index (κ1) is 16.5. The van der Waals surface area contributed by atoms with Crippen molar-refractivity contribution >= 4 is 10.0 Å². The Hall–Kier alpha value is -1.85. The van der Waals surface area contributed by atoms with Crippen LogP contribution in [0.4, 0.5) is 0 Å². The Kier molecular flexibility index (Phi) is 4.88. The van der Waals surface area contributed by atoms with Gasteiger partial charge in [-0.25, -0.2) is 13.1 Å². The van der Waals surface area contributed by atoms with Gasteiger partial charge in [-0.2, -0.15) is 0 Å². The van der Waals surface area contributed by atoms with Crippen molar-refractivity contribution in [3.8, 4) is 5.75 Å². The van der Waals surface area contributed by atoms with Crippen molar-refractivity contribution in [2.24, 2.45) is 0 Å². The van der Waals surface area contributed by atoms with Crippen LogP contribution in [0.5, 0.6) is 5.75 Å². The molecule has 22 heavy (non-hydrogen) atoms. The number of hydrogen-bond acceptors (Lipinski definition) is 3. The molecule has 0 spiro atoms. The third-order valence-electron chi connectivity index (χ3n) is 3.73. The van der Waals surface area contributed by atoms with Crippen molar-refractivity contribution in [3.63, 3.8) is 0 Å². The summed E-state index contributed by atoms with van der Waals surface area (Å²) in [7, 11) is -2.02. The van der Waals surface area contributed by atoms with Gasteiger partial charge in [-0.15, -0.1) is 0 Å². The van der Waals surface area contributed by atoms with E-state index in [1.54, 1.807) is 19.2 Å². The molecular formula is C17H21NO3S. The zero-order valence-electron chi connectivity index (χ0n) is 13.3. The number of methoxy groups -OCH3 is 1. The number of hydrogen-bond donors (Lipinski definition) is 1. The summed E-state index contributed by atoms with van der Waals surface area (Å²) >= 11 is 0. The van der Waals surface area contributed by atoms with E-state index in [0.717, 1.165) is 11.1 Å². The molecule has 0 radical (unpaired) electrons. The highest BCUT2D eigenvalue weighted by Crippen LogP contribution is 2.21. The second-order valence-corrected chi connectivity index (χ2v) is 7.08. The molecule has 0 fully saturated rings. The molecule has 0 bridgehead atoms. The molecule has 2 aromatic rings. The average Bonchev–Trinajstić information content (AvgIpc) is 2.49. The molecular weight excluding hydrogens is 298 g/mol. The van der Waals surface area contributed by atoms with Crippen molar-refractivity contribution in [3.05, 3.63) is 59.2 Å². The second kappa shape index (κ2) is 6.50. The molecule has 0 heterocycles. The molecule has 4 nitrogen and oxygen atoms in total. The van der Waals surface area contributed by atoms with Gasteiger partial charge >= 0.3 is 0 Å². The fourth-order valence-corrected chi connectivity index (χ4v) is 3.39. The molecule has 0 aliphatic rings. The van der Waals surface area contributed by atoms with E-state index in [9.17, 15) is 8.42 Å². The fourth-order valence-electron chi connectivity index (χ4n) is 2.16. The van der Waals surface area contributed by atoms with Gasteiger partial charge < -0.3 is 4.74 Å². The fraction of sp³-hybridized carbons (Fsp3) is 0.294. The number of sulfonamides is 1. The van der Waals surface area contributed by atoms with Gasteiger partial charge in [0.1, 0.15) is 5.75 Å². The van der Waals surface area contributed by atoms with E-state index >= 15 is 0 Å². The summed E-state index contributed by atoms with van der Waals surface area (Å²) in [6.07, 6.45) is 0. The molecule has 1 atom stereocenters. The van der Waals surface area contributed by atoms with E-state index in [1.165, 1.54) is 17.7 Å². The maximum absolute atomic E-state index is 12.4. The summed E-state index contributed by atoms with van der Waals surface area (Å²) in [5, 5.41) is 0. The first-order valence-electron chi connectivity index (χ1n) is 7.07. The highest BCUT2D eigenvalue weighted by Gasteiger charge is 2.18. The molecule has 0 aliphatic heterocycles. The van der Waals surface area contributed by atoms with Gasteiger partial charge in [0, 0.05) is 6.04 Å². The quantitative estimate of drug-likeness (QED) is 0.919. The smallest absolute Gasteiger partial charge is 0.241 e. The number of rotatable bonds is 5. The first-order valence-corrected chi connectivity index (χ1v) is 8.55. The Morgan fingerprint density at radius 3 is 2.18 bits per heavy atom. The number of aryl methyl sites for hydroxylation is 2. The minimum Gasteiger partial charge on any atom is -0.497 e. The molecule has 0 aliphatic carbocycles. The summed E-state index contributed by atoms with van der Waals surface area (Å²) in [4.78, 5) is 0.226. The van der Waals surface area contributed by atoms with E-state index in [0.29, 0.717) is 5.75 Å². The zero-order chi connectivity index (χ0) is 16.3. The SMILES string of the molecule is COc1ccc(S(=O)(=O)N[C@@H](C)c2ccc(C)c(C)c2)cc1. The van der Waals surface area contributed by atoms with Gasteiger partial charge in [0.2, 0.25) is 10.0 Å². The van der Waals surface area contributed by atoms with Crippen LogP contribution in [0, 0.1) is 13.8 Å². The minimum atomic E-state index is -3.56. The number of ether oxygens (including phenoxy) is 1. The van der Waals surface area contributed by atoms with Gasteiger partial charge in [0.25, 0.3) is 0 Å². The zero-order valence-corrected chi connectivity index (χ0v) is 14.1. The van der Waals surface area contributed by atoms with Crippen molar-refractivity contribution < 1.29 is 13.2 Å². The second-order valence-electron chi connectivity index (χ2n) is 5.36. The van der Waals surface area contributed by atoms with Crippen LogP contribution in [0.1, 0.15) is 29.7 Å². The maximum Gasteiger partial charge on any atom is 0.241 e. The third kappa shape index (κ3) is 3.67. The molecule has 118 valence electrons. The van der Waals surface area contributed by atoms with Gasteiger partial charge in [-0.3, -0.25) is 0 Å². The van der Waals surface area contributed by atoms with Crippen LogP contribution in [0.15, 0.2) is 47.4 Å². The lowest BCUT2D eigenvalue weighted by Crippen LogP contribution is -2.26. The third-order valence-corrected chi connectivity index (χ3v) is 5.29. The van der Waals surface area contributed by atoms with E-state index in [-0.39, 0.29) is 10.9 Å². The van der Waals surface area contributed by atoms with Crippen LogP contribution in [0.2, 0.25) is 0 Å². The summed E-state index contributed by atoms with van der Waals surface area (Å²) in [6, 6.07) is 12.0. The van der Waals surface area contributed by atoms with Crippen molar-refractivity contribution in [1.82, 2.24) is 4.72 Å². The Balaban J connectivity index is 2.21. The lowest BCUT2D eigenvalue weighted by atomic mass is 10.0. The molecule has 0 saturated heterocycles. The molecule has 2 aromatic carbocycles.